The predicted molar refractivity (Wildman–Crippen MR) is 58.3 cm³/mol. The molecule has 0 aliphatic heterocycles. The summed E-state index contributed by atoms with van der Waals surface area (Å²) in [7, 11) is 0. The lowest BCUT2D eigenvalue weighted by molar-refractivity contribution is -0.152. The van der Waals surface area contributed by atoms with Crippen molar-refractivity contribution in [3.63, 3.8) is 0 Å². The summed E-state index contributed by atoms with van der Waals surface area (Å²) in [5.74, 6) is -0.342. The fraction of sp³-hybridized carbons (Fsp3) is 0.417. The summed E-state index contributed by atoms with van der Waals surface area (Å²) in [5.41, 5.74) is 0.796. The normalized spacial score (nSPS) is 11.2. The number of benzene rings is 1. The Morgan fingerprint density at radius 1 is 1.33 bits per heavy atom. The molecule has 0 atom stereocenters. The molecule has 0 fully saturated rings. The molecule has 0 radical (unpaired) electrons. The van der Waals surface area contributed by atoms with E-state index < -0.39 is 11.6 Å². The lowest BCUT2D eigenvalue weighted by atomic mass is 10.1. The molecule has 0 unspecified atom stereocenters. The van der Waals surface area contributed by atoms with Gasteiger partial charge in [-0.15, -0.1) is 0 Å². The second-order valence-electron chi connectivity index (χ2n) is 4.19. The first kappa shape index (κ1) is 11.6. The van der Waals surface area contributed by atoms with Gasteiger partial charge in [0.1, 0.15) is 5.75 Å². The number of hydrogen-bond acceptors (Lipinski definition) is 2. The number of aryl methyl sites for hydroxylation is 2. The summed E-state index contributed by atoms with van der Waals surface area (Å²) >= 11 is 0. The van der Waals surface area contributed by atoms with Gasteiger partial charge < -0.3 is 9.84 Å². The molecule has 15 heavy (non-hydrogen) atoms. The molecule has 3 nitrogen and oxygen atoms in total. The number of carbonyl (C=O) groups is 1. The Kier molecular flexibility index (Phi) is 3.03. The molecule has 0 saturated heterocycles. The number of rotatable bonds is 3. The number of ether oxygens (including phenoxy) is 1. The Morgan fingerprint density at radius 2 is 1.93 bits per heavy atom. The molecule has 1 rings (SSSR count). The largest absolute Gasteiger partial charge is 0.478 e. The van der Waals surface area contributed by atoms with Gasteiger partial charge in [0.2, 0.25) is 0 Å². The number of hydrogen-bond donors (Lipinski definition) is 1. The molecule has 0 aromatic heterocycles. The zero-order valence-corrected chi connectivity index (χ0v) is 9.50. The van der Waals surface area contributed by atoms with Crippen molar-refractivity contribution in [2.75, 3.05) is 0 Å². The van der Waals surface area contributed by atoms with Gasteiger partial charge in [-0.05, 0) is 44.9 Å². The van der Waals surface area contributed by atoms with E-state index in [4.69, 9.17) is 9.84 Å². The quantitative estimate of drug-likeness (QED) is 0.830. The molecule has 0 bridgehead atoms. The van der Waals surface area contributed by atoms with Crippen LogP contribution in [-0.4, -0.2) is 16.7 Å². The SMILES string of the molecule is Cc1ccc(C)c(OC(C)(C)C(=O)O)c1. The first-order valence-corrected chi connectivity index (χ1v) is 4.82. The van der Waals surface area contributed by atoms with Crippen LogP contribution in [0, 0.1) is 13.8 Å². The van der Waals surface area contributed by atoms with Gasteiger partial charge in [-0.25, -0.2) is 4.79 Å². The van der Waals surface area contributed by atoms with Gasteiger partial charge >= 0.3 is 5.97 Å². The summed E-state index contributed by atoms with van der Waals surface area (Å²) in [5, 5.41) is 8.94. The summed E-state index contributed by atoms with van der Waals surface area (Å²) in [6, 6.07) is 5.73. The molecule has 0 aliphatic rings. The number of carboxylic acid groups (broad SMARTS) is 1. The van der Waals surface area contributed by atoms with Gasteiger partial charge in [0, 0.05) is 0 Å². The van der Waals surface area contributed by atoms with Crippen molar-refractivity contribution in [3.8, 4) is 5.75 Å². The van der Waals surface area contributed by atoms with Crippen LogP contribution in [0.25, 0.3) is 0 Å². The molecule has 82 valence electrons. The fourth-order valence-corrected chi connectivity index (χ4v) is 1.14. The first-order valence-electron chi connectivity index (χ1n) is 4.82. The van der Waals surface area contributed by atoms with E-state index in [0.717, 1.165) is 11.1 Å². The Labute approximate surface area is 89.7 Å². The van der Waals surface area contributed by atoms with Gasteiger partial charge in [0.25, 0.3) is 0 Å². The van der Waals surface area contributed by atoms with Gasteiger partial charge in [-0.1, -0.05) is 12.1 Å². The highest BCUT2D eigenvalue weighted by atomic mass is 16.5. The molecule has 1 N–H and O–H groups in total. The van der Waals surface area contributed by atoms with Crippen molar-refractivity contribution in [1.29, 1.82) is 0 Å². The number of carboxylic acids is 1. The highest BCUT2D eigenvalue weighted by Crippen LogP contribution is 2.24. The van der Waals surface area contributed by atoms with E-state index in [9.17, 15) is 4.79 Å². The second-order valence-corrected chi connectivity index (χ2v) is 4.19. The van der Waals surface area contributed by atoms with E-state index in [0.29, 0.717) is 5.75 Å². The molecule has 0 saturated carbocycles. The third kappa shape index (κ3) is 2.72. The third-order valence-electron chi connectivity index (χ3n) is 2.22. The molecular formula is C12H16O3. The van der Waals surface area contributed by atoms with E-state index >= 15 is 0 Å². The summed E-state index contributed by atoms with van der Waals surface area (Å²) < 4.78 is 5.48. The minimum absolute atomic E-state index is 0.627. The Hall–Kier alpha value is -1.51. The second kappa shape index (κ2) is 3.93. The van der Waals surface area contributed by atoms with Crippen LogP contribution in [0.3, 0.4) is 0 Å². The molecule has 0 aliphatic carbocycles. The van der Waals surface area contributed by atoms with Crippen molar-refractivity contribution < 1.29 is 14.6 Å². The van der Waals surface area contributed by atoms with Crippen LogP contribution in [0.1, 0.15) is 25.0 Å². The Bertz CT molecular complexity index is 380. The monoisotopic (exact) mass is 208 g/mol. The van der Waals surface area contributed by atoms with Crippen LogP contribution in [0.5, 0.6) is 5.75 Å². The average molecular weight is 208 g/mol. The van der Waals surface area contributed by atoms with E-state index in [2.05, 4.69) is 0 Å². The standard InChI is InChI=1S/C12H16O3/c1-8-5-6-9(2)10(7-8)15-12(3,4)11(13)14/h5-7H,1-4H3,(H,13,14). The van der Waals surface area contributed by atoms with Crippen molar-refractivity contribution >= 4 is 5.97 Å². The van der Waals surface area contributed by atoms with Gasteiger partial charge in [-0.2, -0.15) is 0 Å². The minimum Gasteiger partial charge on any atom is -0.478 e. The van der Waals surface area contributed by atoms with Crippen LogP contribution < -0.4 is 4.74 Å². The lowest BCUT2D eigenvalue weighted by Crippen LogP contribution is -2.38. The zero-order valence-electron chi connectivity index (χ0n) is 9.50. The van der Waals surface area contributed by atoms with Crippen LogP contribution in [0.15, 0.2) is 18.2 Å². The highest BCUT2D eigenvalue weighted by Gasteiger charge is 2.29. The fourth-order valence-electron chi connectivity index (χ4n) is 1.14. The van der Waals surface area contributed by atoms with Crippen LogP contribution in [0.2, 0.25) is 0 Å². The van der Waals surface area contributed by atoms with Crippen molar-refractivity contribution in [2.45, 2.75) is 33.3 Å². The van der Waals surface area contributed by atoms with Crippen molar-refractivity contribution in [3.05, 3.63) is 29.3 Å². The maximum Gasteiger partial charge on any atom is 0.347 e. The van der Waals surface area contributed by atoms with E-state index in [-0.39, 0.29) is 0 Å². The van der Waals surface area contributed by atoms with Gasteiger partial charge in [0.05, 0.1) is 0 Å². The molecule has 0 spiro atoms. The number of aliphatic carboxylic acids is 1. The average Bonchev–Trinajstić information content (AvgIpc) is 2.10. The Balaban J connectivity index is 2.99. The maximum atomic E-state index is 10.9. The topological polar surface area (TPSA) is 46.5 Å². The smallest absolute Gasteiger partial charge is 0.347 e. The van der Waals surface area contributed by atoms with Crippen LogP contribution in [-0.2, 0) is 4.79 Å². The third-order valence-corrected chi connectivity index (χ3v) is 2.22. The summed E-state index contributed by atoms with van der Waals surface area (Å²) in [4.78, 5) is 10.9. The minimum atomic E-state index is -1.20. The summed E-state index contributed by atoms with van der Waals surface area (Å²) in [6.07, 6.45) is 0. The zero-order chi connectivity index (χ0) is 11.6. The van der Waals surface area contributed by atoms with Gasteiger partial charge in [0.15, 0.2) is 5.60 Å². The first-order chi connectivity index (χ1) is 6.83. The van der Waals surface area contributed by atoms with Gasteiger partial charge in [-0.3, -0.25) is 0 Å². The van der Waals surface area contributed by atoms with Crippen molar-refractivity contribution in [2.24, 2.45) is 0 Å². The van der Waals surface area contributed by atoms with Crippen LogP contribution >= 0.6 is 0 Å². The Morgan fingerprint density at radius 3 is 2.47 bits per heavy atom. The molecule has 1 aromatic rings. The van der Waals surface area contributed by atoms with E-state index in [1.54, 1.807) is 0 Å². The van der Waals surface area contributed by atoms with E-state index in [1.807, 2.05) is 32.0 Å². The van der Waals surface area contributed by atoms with Crippen molar-refractivity contribution in [1.82, 2.24) is 0 Å². The highest BCUT2D eigenvalue weighted by molar-refractivity contribution is 5.76. The molecule has 0 amide bonds. The predicted octanol–water partition coefficient (Wildman–Crippen LogP) is 2.55. The summed E-state index contributed by atoms with van der Waals surface area (Å²) in [6.45, 7) is 6.92. The molecule has 1 aromatic carbocycles. The maximum absolute atomic E-state index is 10.9. The molecular weight excluding hydrogens is 192 g/mol. The molecule has 0 heterocycles. The van der Waals surface area contributed by atoms with E-state index in [1.165, 1.54) is 13.8 Å². The molecule has 3 heteroatoms. The lowest BCUT2D eigenvalue weighted by Gasteiger charge is -2.22. The van der Waals surface area contributed by atoms with Crippen LogP contribution in [0.4, 0.5) is 0 Å².